The van der Waals surface area contributed by atoms with Crippen molar-refractivity contribution >= 4 is 22.5 Å². The summed E-state index contributed by atoms with van der Waals surface area (Å²) in [6, 6.07) is 18.6. The molecule has 3 aromatic rings. The summed E-state index contributed by atoms with van der Waals surface area (Å²) in [5.74, 6) is 0.200. The Labute approximate surface area is 160 Å². The molecule has 1 aliphatic rings. The molecule has 138 valence electrons. The average molecular weight is 359 g/mol. The zero-order valence-corrected chi connectivity index (χ0v) is 16.0. The first-order valence-electron chi connectivity index (χ1n) is 9.56. The highest BCUT2D eigenvalue weighted by Gasteiger charge is 2.23. The van der Waals surface area contributed by atoms with Crippen molar-refractivity contribution in [2.24, 2.45) is 0 Å². The molecule has 0 aliphatic carbocycles. The van der Waals surface area contributed by atoms with Crippen LogP contribution in [0.1, 0.15) is 16.8 Å². The number of aryl methyl sites for hydroxylation is 2. The third-order valence-electron chi connectivity index (χ3n) is 5.57. The molecule has 4 heteroatoms. The molecule has 0 bridgehead atoms. The van der Waals surface area contributed by atoms with Gasteiger partial charge in [-0.25, -0.2) is 0 Å². The number of fused-ring (bicyclic) bond motifs is 1. The van der Waals surface area contributed by atoms with E-state index in [1.54, 1.807) is 0 Å². The molecular weight excluding hydrogens is 334 g/mol. The molecule has 1 saturated heterocycles. The van der Waals surface area contributed by atoms with Crippen LogP contribution in [-0.2, 0) is 11.2 Å². The molecule has 2 heterocycles. The molecule has 0 radical (unpaired) electrons. The Morgan fingerprint density at radius 2 is 1.59 bits per heavy atom. The lowest BCUT2D eigenvalue weighted by Gasteiger charge is -2.36. The zero-order valence-electron chi connectivity index (χ0n) is 16.0. The monoisotopic (exact) mass is 359 g/mol. The number of carbonyl (C=O) groups is 1. The van der Waals surface area contributed by atoms with E-state index in [0.29, 0.717) is 6.42 Å². The van der Waals surface area contributed by atoms with Gasteiger partial charge in [-0.3, -0.25) is 9.78 Å². The minimum atomic E-state index is 0.200. The molecule has 2 aromatic carbocycles. The standard InChI is InChI=1S/C23H25N3O/c1-17-20-10-6-7-11-22(20)24-18(2)21(17)16-23(27)26-14-12-25(13-15-26)19-8-4-3-5-9-19/h3-11H,12-16H2,1-2H3. The first-order valence-corrected chi connectivity index (χ1v) is 9.56. The van der Waals surface area contributed by atoms with Gasteiger partial charge in [-0.2, -0.15) is 0 Å². The largest absolute Gasteiger partial charge is 0.368 e. The second-order valence-electron chi connectivity index (χ2n) is 7.20. The van der Waals surface area contributed by atoms with Crippen LogP contribution in [0.25, 0.3) is 10.9 Å². The Morgan fingerprint density at radius 1 is 0.926 bits per heavy atom. The summed E-state index contributed by atoms with van der Waals surface area (Å²) >= 11 is 0. The predicted molar refractivity (Wildman–Crippen MR) is 110 cm³/mol. The molecule has 1 fully saturated rings. The fourth-order valence-electron chi connectivity index (χ4n) is 3.95. The zero-order chi connectivity index (χ0) is 18.8. The maximum atomic E-state index is 12.9. The van der Waals surface area contributed by atoms with Gasteiger partial charge in [0.15, 0.2) is 0 Å². The van der Waals surface area contributed by atoms with Crippen LogP contribution >= 0.6 is 0 Å². The van der Waals surface area contributed by atoms with Crippen LogP contribution in [0.2, 0.25) is 0 Å². The van der Waals surface area contributed by atoms with Gasteiger partial charge < -0.3 is 9.80 Å². The molecule has 1 amide bonds. The number of hydrogen-bond acceptors (Lipinski definition) is 3. The summed E-state index contributed by atoms with van der Waals surface area (Å²) in [6.45, 7) is 7.41. The van der Waals surface area contributed by atoms with Crippen molar-refractivity contribution in [1.82, 2.24) is 9.88 Å². The van der Waals surface area contributed by atoms with Crippen LogP contribution in [0.4, 0.5) is 5.69 Å². The van der Waals surface area contributed by atoms with Gasteiger partial charge in [-0.05, 0) is 43.2 Å². The van der Waals surface area contributed by atoms with Crippen molar-refractivity contribution in [3.63, 3.8) is 0 Å². The number of piperazine rings is 1. The number of pyridine rings is 1. The van der Waals surface area contributed by atoms with E-state index in [2.05, 4.69) is 42.2 Å². The van der Waals surface area contributed by atoms with Gasteiger partial charge in [-0.1, -0.05) is 36.4 Å². The third kappa shape index (κ3) is 3.52. The Morgan fingerprint density at radius 3 is 2.33 bits per heavy atom. The highest BCUT2D eigenvalue weighted by atomic mass is 16.2. The van der Waals surface area contributed by atoms with Gasteiger partial charge in [0.25, 0.3) is 0 Å². The average Bonchev–Trinajstić information content (AvgIpc) is 2.72. The number of anilines is 1. The number of nitrogens with zero attached hydrogens (tertiary/aromatic N) is 3. The number of amides is 1. The molecule has 1 aliphatic heterocycles. The maximum Gasteiger partial charge on any atom is 0.227 e. The first-order chi connectivity index (χ1) is 13.1. The lowest BCUT2D eigenvalue weighted by molar-refractivity contribution is -0.130. The molecule has 0 N–H and O–H groups in total. The SMILES string of the molecule is Cc1nc2ccccc2c(C)c1CC(=O)N1CCN(c2ccccc2)CC1. The van der Waals surface area contributed by atoms with Crippen molar-refractivity contribution in [2.45, 2.75) is 20.3 Å². The molecule has 1 aromatic heterocycles. The molecule has 27 heavy (non-hydrogen) atoms. The summed E-state index contributed by atoms with van der Waals surface area (Å²) < 4.78 is 0. The molecule has 0 spiro atoms. The Bertz CT molecular complexity index is 960. The van der Waals surface area contributed by atoms with Gasteiger partial charge >= 0.3 is 0 Å². The summed E-state index contributed by atoms with van der Waals surface area (Å²) in [7, 11) is 0. The van der Waals surface area contributed by atoms with Gasteiger partial charge in [0, 0.05) is 42.9 Å². The van der Waals surface area contributed by atoms with Crippen LogP contribution in [0.3, 0.4) is 0 Å². The van der Waals surface area contributed by atoms with Crippen LogP contribution < -0.4 is 4.90 Å². The van der Waals surface area contributed by atoms with Gasteiger partial charge in [-0.15, -0.1) is 0 Å². The van der Waals surface area contributed by atoms with Crippen LogP contribution in [-0.4, -0.2) is 42.0 Å². The fraction of sp³-hybridized carbons (Fsp3) is 0.304. The summed E-state index contributed by atoms with van der Waals surface area (Å²) in [4.78, 5) is 22.0. The Balaban J connectivity index is 1.47. The summed E-state index contributed by atoms with van der Waals surface area (Å²) in [5.41, 5.74) is 5.44. The normalized spacial score (nSPS) is 14.6. The minimum absolute atomic E-state index is 0.200. The van der Waals surface area contributed by atoms with Gasteiger partial charge in [0.1, 0.15) is 0 Å². The van der Waals surface area contributed by atoms with E-state index >= 15 is 0 Å². The lowest BCUT2D eigenvalue weighted by atomic mass is 9.99. The quantitative estimate of drug-likeness (QED) is 0.715. The van der Waals surface area contributed by atoms with Crippen molar-refractivity contribution in [1.29, 1.82) is 0 Å². The van der Waals surface area contributed by atoms with E-state index < -0.39 is 0 Å². The smallest absolute Gasteiger partial charge is 0.227 e. The van der Waals surface area contributed by atoms with Crippen LogP contribution in [0.5, 0.6) is 0 Å². The third-order valence-corrected chi connectivity index (χ3v) is 5.57. The molecule has 0 unspecified atom stereocenters. The summed E-state index contributed by atoms with van der Waals surface area (Å²) in [6.07, 6.45) is 0.431. The number of hydrogen-bond donors (Lipinski definition) is 0. The van der Waals surface area contributed by atoms with E-state index in [4.69, 9.17) is 4.98 Å². The maximum absolute atomic E-state index is 12.9. The Hall–Kier alpha value is -2.88. The first kappa shape index (κ1) is 17.5. The topological polar surface area (TPSA) is 36.4 Å². The number of aromatic nitrogens is 1. The van der Waals surface area contributed by atoms with Gasteiger partial charge in [0.2, 0.25) is 5.91 Å². The fourth-order valence-corrected chi connectivity index (χ4v) is 3.95. The number of rotatable bonds is 3. The Kier molecular flexibility index (Phi) is 4.80. The van der Waals surface area contributed by atoms with Crippen LogP contribution in [0, 0.1) is 13.8 Å². The van der Waals surface area contributed by atoms with E-state index in [1.807, 2.05) is 36.1 Å². The van der Waals surface area contributed by atoms with E-state index in [-0.39, 0.29) is 5.91 Å². The van der Waals surface area contributed by atoms with Crippen molar-refractivity contribution < 1.29 is 4.79 Å². The predicted octanol–water partition coefficient (Wildman–Crippen LogP) is 3.74. The molecule has 4 nitrogen and oxygen atoms in total. The van der Waals surface area contributed by atoms with Crippen LogP contribution in [0.15, 0.2) is 54.6 Å². The number of benzene rings is 2. The molecular formula is C23H25N3O. The minimum Gasteiger partial charge on any atom is -0.368 e. The second kappa shape index (κ2) is 7.39. The molecule has 4 rings (SSSR count). The highest BCUT2D eigenvalue weighted by Crippen LogP contribution is 2.24. The number of para-hydroxylation sites is 2. The lowest BCUT2D eigenvalue weighted by Crippen LogP contribution is -2.49. The van der Waals surface area contributed by atoms with Gasteiger partial charge in [0.05, 0.1) is 11.9 Å². The van der Waals surface area contributed by atoms with Crippen molar-refractivity contribution in [3.05, 3.63) is 71.4 Å². The molecule has 0 saturated carbocycles. The highest BCUT2D eigenvalue weighted by molar-refractivity contribution is 5.86. The summed E-state index contributed by atoms with van der Waals surface area (Å²) in [5, 5.41) is 1.14. The van der Waals surface area contributed by atoms with E-state index in [0.717, 1.165) is 48.3 Å². The van der Waals surface area contributed by atoms with Crippen molar-refractivity contribution in [3.8, 4) is 0 Å². The van der Waals surface area contributed by atoms with E-state index in [1.165, 1.54) is 11.3 Å². The molecule has 0 atom stereocenters. The van der Waals surface area contributed by atoms with Crippen molar-refractivity contribution in [2.75, 3.05) is 31.1 Å². The second-order valence-corrected chi connectivity index (χ2v) is 7.20. The number of carbonyl (C=O) groups excluding carboxylic acids is 1. The van der Waals surface area contributed by atoms with E-state index in [9.17, 15) is 4.79 Å².